The number of pyridine rings is 1. The Labute approximate surface area is 195 Å². The number of benzene rings is 2. The molecule has 1 amide bonds. The number of rotatable bonds is 7. The molecule has 2 aromatic carbocycles. The van der Waals surface area contributed by atoms with E-state index in [1.807, 2.05) is 61.5 Å². The zero-order chi connectivity index (χ0) is 23.2. The van der Waals surface area contributed by atoms with Gasteiger partial charge in [0.05, 0.1) is 18.4 Å². The minimum Gasteiger partial charge on any atom is -0.508 e. The van der Waals surface area contributed by atoms with Gasteiger partial charge in [-0.15, -0.1) is 0 Å². The normalized spacial score (nSPS) is 14.7. The predicted molar refractivity (Wildman–Crippen MR) is 128 cm³/mol. The number of phenolic OH excluding ortho intramolecular Hbond substituents is 1. The maximum Gasteiger partial charge on any atom is 0.253 e. The van der Waals surface area contributed by atoms with E-state index in [0.29, 0.717) is 17.9 Å². The van der Waals surface area contributed by atoms with Gasteiger partial charge in [0.25, 0.3) is 5.91 Å². The Morgan fingerprint density at radius 2 is 1.76 bits per heavy atom. The maximum absolute atomic E-state index is 13.1. The third kappa shape index (κ3) is 5.52. The highest BCUT2D eigenvalue weighted by molar-refractivity contribution is 5.95. The number of piperidine rings is 1. The second-order valence-electron chi connectivity index (χ2n) is 8.56. The van der Waals surface area contributed by atoms with E-state index < -0.39 is 0 Å². The first-order chi connectivity index (χ1) is 16.0. The summed E-state index contributed by atoms with van der Waals surface area (Å²) in [4.78, 5) is 20.2. The van der Waals surface area contributed by atoms with Crippen LogP contribution in [0.4, 0.5) is 0 Å². The minimum atomic E-state index is -0.111. The molecule has 33 heavy (non-hydrogen) atoms. The smallest absolute Gasteiger partial charge is 0.253 e. The molecule has 1 aliphatic heterocycles. The van der Waals surface area contributed by atoms with E-state index in [0.717, 1.165) is 60.7 Å². The number of carbonyl (C=O) groups excluding carboxylic acids is 1. The molecule has 0 aliphatic carbocycles. The number of nitrogens with one attached hydrogen (secondary N) is 1. The Morgan fingerprint density at radius 3 is 2.48 bits per heavy atom. The fraction of sp³-hybridized carbons (Fsp3) is 0.333. The summed E-state index contributed by atoms with van der Waals surface area (Å²) >= 11 is 0. The fourth-order valence-electron chi connectivity index (χ4n) is 4.45. The van der Waals surface area contributed by atoms with Crippen LogP contribution in [-0.2, 0) is 13.1 Å². The van der Waals surface area contributed by atoms with E-state index in [1.54, 1.807) is 13.2 Å². The summed E-state index contributed by atoms with van der Waals surface area (Å²) in [5.74, 6) is 1.23. The molecule has 4 rings (SSSR count). The number of ether oxygens (including phenoxy) is 1. The fourth-order valence-corrected chi connectivity index (χ4v) is 4.45. The third-order valence-corrected chi connectivity index (χ3v) is 6.30. The van der Waals surface area contributed by atoms with Crippen molar-refractivity contribution in [1.29, 1.82) is 0 Å². The maximum atomic E-state index is 13.1. The molecule has 2 N–H and O–H groups in total. The van der Waals surface area contributed by atoms with Gasteiger partial charge in [0.15, 0.2) is 0 Å². The molecule has 0 radical (unpaired) electrons. The molecule has 0 atom stereocenters. The second kappa shape index (κ2) is 10.5. The van der Waals surface area contributed by atoms with E-state index >= 15 is 0 Å². The molecule has 1 aromatic heterocycles. The topological polar surface area (TPSA) is 74.7 Å². The number of amides is 1. The van der Waals surface area contributed by atoms with Crippen LogP contribution >= 0.6 is 0 Å². The molecular formula is C27H31N3O3. The molecule has 0 bridgehead atoms. The van der Waals surface area contributed by atoms with Crippen LogP contribution in [0, 0.1) is 6.92 Å². The summed E-state index contributed by atoms with van der Waals surface area (Å²) in [5, 5.41) is 13.1. The van der Waals surface area contributed by atoms with Gasteiger partial charge >= 0.3 is 0 Å². The lowest BCUT2D eigenvalue weighted by molar-refractivity contribution is 0.0947. The highest BCUT2D eigenvalue weighted by Crippen LogP contribution is 2.31. The van der Waals surface area contributed by atoms with Crippen LogP contribution in [0.2, 0.25) is 0 Å². The standard InChI is InChI=1S/C27H31N3O3/c1-19-11-12-23(27(32)28-17-21-7-4-6-10-25(21)33-2)26(29-19)20-13-15-30(16-14-20)18-22-8-3-5-9-24(22)31/h3-12,20,31H,13-18H2,1-2H3,(H,28,32). The van der Waals surface area contributed by atoms with Crippen LogP contribution in [0.3, 0.4) is 0 Å². The monoisotopic (exact) mass is 445 g/mol. The number of aromatic hydroxyl groups is 1. The summed E-state index contributed by atoms with van der Waals surface area (Å²) in [6.45, 7) is 4.89. The molecular weight excluding hydrogens is 414 g/mol. The van der Waals surface area contributed by atoms with Crippen molar-refractivity contribution in [3.05, 3.63) is 88.7 Å². The van der Waals surface area contributed by atoms with Gasteiger partial charge in [0.1, 0.15) is 11.5 Å². The molecule has 0 unspecified atom stereocenters. The Balaban J connectivity index is 1.43. The first kappa shape index (κ1) is 22.8. The average Bonchev–Trinajstić information content (AvgIpc) is 2.84. The van der Waals surface area contributed by atoms with Crippen LogP contribution in [0.1, 0.15) is 51.6 Å². The molecule has 2 heterocycles. The van der Waals surface area contributed by atoms with Gasteiger partial charge in [0.2, 0.25) is 0 Å². The number of hydrogen-bond acceptors (Lipinski definition) is 5. The quantitative estimate of drug-likeness (QED) is 0.563. The van der Waals surface area contributed by atoms with E-state index in [2.05, 4.69) is 10.2 Å². The van der Waals surface area contributed by atoms with Gasteiger partial charge < -0.3 is 15.2 Å². The lowest BCUT2D eigenvalue weighted by atomic mass is 9.89. The van der Waals surface area contributed by atoms with Gasteiger partial charge in [-0.1, -0.05) is 36.4 Å². The lowest BCUT2D eigenvalue weighted by Crippen LogP contribution is -2.34. The molecule has 0 saturated carbocycles. The summed E-state index contributed by atoms with van der Waals surface area (Å²) in [7, 11) is 1.63. The summed E-state index contributed by atoms with van der Waals surface area (Å²) in [6, 6.07) is 19.0. The summed E-state index contributed by atoms with van der Waals surface area (Å²) < 4.78 is 5.39. The van der Waals surface area contributed by atoms with Crippen molar-refractivity contribution < 1.29 is 14.6 Å². The molecule has 1 aliphatic rings. The molecule has 172 valence electrons. The first-order valence-electron chi connectivity index (χ1n) is 11.4. The van der Waals surface area contributed by atoms with Crippen LogP contribution in [-0.4, -0.2) is 41.1 Å². The third-order valence-electron chi connectivity index (χ3n) is 6.30. The van der Waals surface area contributed by atoms with Crippen LogP contribution < -0.4 is 10.1 Å². The number of carbonyl (C=O) groups is 1. The van der Waals surface area contributed by atoms with Crippen molar-refractivity contribution in [3.8, 4) is 11.5 Å². The van der Waals surface area contributed by atoms with Crippen LogP contribution in [0.5, 0.6) is 11.5 Å². The Morgan fingerprint density at radius 1 is 1.06 bits per heavy atom. The van der Waals surface area contributed by atoms with E-state index in [1.165, 1.54) is 0 Å². The number of para-hydroxylation sites is 2. The van der Waals surface area contributed by atoms with Crippen molar-refractivity contribution in [2.24, 2.45) is 0 Å². The van der Waals surface area contributed by atoms with Crippen molar-refractivity contribution in [2.75, 3.05) is 20.2 Å². The Kier molecular flexibility index (Phi) is 7.25. The van der Waals surface area contributed by atoms with Gasteiger partial charge in [0, 0.05) is 35.8 Å². The van der Waals surface area contributed by atoms with Crippen LogP contribution in [0.15, 0.2) is 60.7 Å². The van der Waals surface area contributed by atoms with E-state index in [4.69, 9.17) is 9.72 Å². The molecule has 6 heteroatoms. The predicted octanol–water partition coefficient (Wildman–Crippen LogP) is 4.41. The zero-order valence-electron chi connectivity index (χ0n) is 19.3. The average molecular weight is 446 g/mol. The Hall–Kier alpha value is -3.38. The molecule has 3 aromatic rings. The number of methoxy groups -OCH3 is 1. The van der Waals surface area contributed by atoms with Crippen molar-refractivity contribution in [3.63, 3.8) is 0 Å². The molecule has 1 fully saturated rings. The largest absolute Gasteiger partial charge is 0.508 e. The highest BCUT2D eigenvalue weighted by atomic mass is 16.5. The number of nitrogens with zero attached hydrogens (tertiary/aromatic N) is 2. The summed E-state index contributed by atoms with van der Waals surface area (Å²) in [5.41, 5.74) is 4.33. The van der Waals surface area contributed by atoms with Gasteiger partial charge in [-0.25, -0.2) is 0 Å². The van der Waals surface area contributed by atoms with E-state index in [9.17, 15) is 9.90 Å². The number of likely N-dealkylation sites (tertiary alicyclic amines) is 1. The Bertz CT molecular complexity index is 1110. The molecule has 0 spiro atoms. The number of phenols is 1. The minimum absolute atomic E-state index is 0.111. The molecule has 1 saturated heterocycles. The SMILES string of the molecule is COc1ccccc1CNC(=O)c1ccc(C)nc1C1CCN(Cc2ccccc2O)CC1. The second-order valence-corrected chi connectivity index (χ2v) is 8.56. The van der Waals surface area contributed by atoms with Gasteiger partial charge in [-0.05, 0) is 57.1 Å². The first-order valence-corrected chi connectivity index (χ1v) is 11.4. The van der Waals surface area contributed by atoms with Gasteiger partial charge in [-0.3, -0.25) is 14.7 Å². The zero-order valence-corrected chi connectivity index (χ0v) is 19.3. The summed E-state index contributed by atoms with van der Waals surface area (Å²) in [6.07, 6.45) is 1.85. The number of aryl methyl sites for hydroxylation is 1. The van der Waals surface area contributed by atoms with Crippen molar-refractivity contribution in [1.82, 2.24) is 15.2 Å². The molecule has 6 nitrogen and oxygen atoms in total. The van der Waals surface area contributed by atoms with Crippen molar-refractivity contribution in [2.45, 2.75) is 38.8 Å². The lowest BCUT2D eigenvalue weighted by Gasteiger charge is -2.32. The van der Waals surface area contributed by atoms with Gasteiger partial charge in [-0.2, -0.15) is 0 Å². The van der Waals surface area contributed by atoms with Crippen LogP contribution in [0.25, 0.3) is 0 Å². The number of hydrogen-bond donors (Lipinski definition) is 2. The highest BCUT2D eigenvalue weighted by Gasteiger charge is 2.26. The number of aromatic nitrogens is 1. The van der Waals surface area contributed by atoms with E-state index in [-0.39, 0.29) is 11.8 Å². The van der Waals surface area contributed by atoms with Crippen molar-refractivity contribution >= 4 is 5.91 Å².